The molecule has 0 aliphatic carbocycles. The molecule has 2 heterocycles. The van der Waals surface area contributed by atoms with Crippen LogP contribution >= 0.6 is 0 Å². The first-order chi connectivity index (χ1) is 12.2. The van der Waals surface area contributed by atoms with Gasteiger partial charge in [0.05, 0.1) is 12.5 Å². The van der Waals surface area contributed by atoms with Crippen LogP contribution in [-0.2, 0) is 11.3 Å². The number of rotatable bonds is 3. The third-order valence-corrected chi connectivity index (χ3v) is 3.12. The standard InChI is InChI=1S/C14H12FN3O.C2HF3O2/c15-13-4-10(6-16)3-11(5-13)12-7-17-18(8-12)14-1-2-19-9-14;3-2(4,5)1(6)7/h1-5,7-9H,6,16H2;(H,6,7). The molecule has 0 spiro atoms. The largest absolute Gasteiger partial charge is 0.490 e. The molecule has 10 heteroatoms. The van der Waals surface area contributed by atoms with Gasteiger partial charge in [0, 0.05) is 24.4 Å². The first kappa shape index (κ1) is 19.2. The Morgan fingerprint density at radius 1 is 1.27 bits per heavy atom. The second-order valence-electron chi connectivity index (χ2n) is 5.01. The van der Waals surface area contributed by atoms with Gasteiger partial charge in [-0.1, -0.05) is 0 Å². The molecule has 0 aliphatic rings. The van der Waals surface area contributed by atoms with Crippen LogP contribution in [0.2, 0.25) is 0 Å². The van der Waals surface area contributed by atoms with Crippen molar-refractivity contribution < 1.29 is 31.9 Å². The van der Waals surface area contributed by atoms with E-state index >= 15 is 0 Å². The number of halogens is 4. The predicted octanol–water partition coefficient (Wildman–Crippen LogP) is 3.36. The lowest BCUT2D eigenvalue weighted by molar-refractivity contribution is -0.192. The molecule has 0 fully saturated rings. The summed E-state index contributed by atoms with van der Waals surface area (Å²) < 4.78 is 51.9. The van der Waals surface area contributed by atoms with Crippen LogP contribution in [0.5, 0.6) is 0 Å². The molecule has 3 aromatic rings. The fourth-order valence-electron chi connectivity index (χ4n) is 1.94. The molecule has 0 radical (unpaired) electrons. The molecule has 26 heavy (non-hydrogen) atoms. The number of nitrogens with zero attached hydrogens (tertiary/aromatic N) is 2. The van der Waals surface area contributed by atoms with E-state index in [4.69, 9.17) is 20.1 Å². The number of aromatic nitrogens is 2. The average Bonchev–Trinajstić information content (AvgIpc) is 3.25. The molecule has 0 saturated carbocycles. The highest BCUT2D eigenvalue weighted by molar-refractivity contribution is 5.73. The van der Waals surface area contributed by atoms with Gasteiger partial charge >= 0.3 is 12.1 Å². The summed E-state index contributed by atoms with van der Waals surface area (Å²) in [5, 5.41) is 11.3. The highest BCUT2D eigenvalue weighted by atomic mass is 19.4. The molecule has 0 saturated heterocycles. The smallest absolute Gasteiger partial charge is 0.475 e. The Hall–Kier alpha value is -3.14. The van der Waals surface area contributed by atoms with Crippen LogP contribution in [0.3, 0.4) is 0 Å². The van der Waals surface area contributed by atoms with E-state index in [1.165, 1.54) is 12.1 Å². The summed E-state index contributed by atoms with van der Waals surface area (Å²) in [5.74, 6) is -3.05. The Labute approximate surface area is 144 Å². The second kappa shape index (κ2) is 7.83. The van der Waals surface area contributed by atoms with Crippen molar-refractivity contribution in [3.63, 3.8) is 0 Å². The van der Waals surface area contributed by atoms with Gasteiger partial charge in [-0.15, -0.1) is 0 Å². The maximum absolute atomic E-state index is 13.5. The van der Waals surface area contributed by atoms with E-state index in [-0.39, 0.29) is 5.82 Å². The van der Waals surface area contributed by atoms with Crippen molar-refractivity contribution in [1.82, 2.24) is 9.78 Å². The van der Waals surface area contributed by atoms with Crippen LogP contribution in [-0.4, -0.2) is 27.0 Å². The predicted molar refractivity (Wildman–Crippen MR) is 82.8 cm³/mol. The fourth-order valence-corrected chi connectivity index (χ4v) is 1.94. The van der Waals surface area contributed by atoms with Crippen molar-refractivity contribution in [2.75, 3.05) is 0 Å². The van der Waals surface area contributed by atoms with E-state index < -0.39 is 12.1 Å². The van der Waals surface area contributed by atoms with Gasteiger partial charge in [0.25, 0.3) is 0 Å². The summed E-state index contributed by atoms with van der Waals surface area (Å²) in [6, 6.07) is 6.56. The molecular formula is C16H13F4N3O3. The number of carbonyl (C=O) groups is 1. The molecule has 0 bridgehead atoms. The summed E-state index contributed by atoms with van der Waals surface area (Å²) in [7, 11) is 0. The molecule has 0 unspecified atom stereocenters. The monoisotopic (exact) mass is 371 g/mol. The summed E-state index contributed by atoms with van der Waals surface area (Å²) in [6.45, 7) is 0.306. The molecule has 3 rings (SSSR count). The molecule has 0 amide bonds. The average molecular weight is 371 g/mol. The minimum atomic E-state index is -5.08. The van der Waals surface area contributed by atoms with E-state index in [1.54, 1.807) is 29.5 Å². The number of nitrogens with two attached hydrogens (primary N) is 1. The lowest BCUT2D eigenvalue weighted by atomic mass is 10.1. The van der Waals surface area contributed by atoms with Gasteiger partial charge in [0.1, 0.15) is 17.8 Å². The molecule has 2 aromatic heterocycles. The Balaban J connectivity index is 0.000000298. The third-order valence-electron chi connectivity index (χ3n) is 3.12. The minimum Gasteiger partial charge on any atom is -0.475 e. The van der Waals surface area contributed by atoms with Crippen molar-refractivity contribution in [2.45, 2.75) is 12.7 Å². The Morgan fingerprint density at radius 3 is 2.50 bits per heavy atom. The van der Waals surface area contributed by atoms with E-state index in [1.807, 2.05) is 12.3 Å². The van der Waals surface area contributed by atoms with Crippen molar-refractivity contribution in [1.29, 1.82) is 0 Å². The Morgan fingerprint density at radius 2 is 1.96 bits per heavy atom. The van der Waals surface area contributed by atoms with Crippen LogP contribution in [0.4, 0.5) is 17.6 Å². The van der Waals surface area contributed by atoms with Gasteiger partial charge in [-0.3, -0.25) is 0 Å². The highest BCUT2D eigenvalue weighted by Crippen LogP contribution is 2.22. The van der Waals surface area contributed by atoms with Gasteiger partial charge in [-0.25, -0.2) is 13.9 Å². The number of alkyl halides is 3. The summed E-state index contributed by atoms with van der Waals surface area (Å²) in [4.78, 5) is 8.90. The van der Waals surface area contributed by atoms with Gasteiger partial charge in [-0.05, 0) is 29.3 Å². The fraction of sp³-hybridized carbons (Fsp3) is 0.125. The first-order valence-corrected chi connectivity index (χ1v) is 7.08. The maximum Gasteiger partial charge on any atom is 0.490 e. The van der Waals surface area contributed by atoms with Crippen LogP contribution in [0, 0.1) is 5.82 Å². The number of hydrogen-bond acceptors (Lipinski definition) is 4. The van der Waals surface area contributed by atoms with Gasteiger partial charge in [-0.2, -0.15) is 18.3 Å². The number of hydrogen-bond donors (Lipinski definition) is 2. The SMILES string of the molecule is NCc1cc(F)cc(-c2cnn(-c3ccoc3)c2)c1.O=C(O)C(F)(F)F. The van der Waals surface area contributed by atoms with Crippen LogP contribution in [0.15, 0.2) is 53.6 Å². The van der Waals surface area contributed by atoms with Crippen LogP contribution in [0.1, 0.15) is 5.56 Å². The molecule has 138 valence electrons. The van der Waals surface area contributed by atoms with Gasteiger partial charge in [0.2, 0.25) is 0 Å². The van der Waals surface area contributed by atoms with Crippen molar-refractivity contribution >= 4 is 5.97 Å². The molecular weight excluding hydrogens is 358 g/mol. The summed E-state index contributed by atoms with van der Waals surface area (Å²) in [5.41, 5.74) is 8.71. The van der Waals surface area contributed by atoms with Crippen molar-refractivity contribution in [3.8, 4) is 16.8 Å². The first-order valence-electron chi connectivity index (χ1n) is 7.08. The number of aliphatic carboxylic acids is 1. The summed E-state index contributed by atoms with van der Waals surface area (Å²) in [6.07, 6.45) is 1.58. The molecule has 1 aromatic carbocycles. The van der Waals surface area contributed by atoms with E-state index in [0.29, 0.717) is 6.54 Å². The number of carboxylic acids is 1. The summed E-state index contributed by atoms with van der Waals surface area (Å²) >= 11 is 0. The zero-order chi connectivity index (χ0) is 19.3. The van der Waals surface area contributed by atoms with E-state index in [0.717, 1.165) is 22.4 Å². The highest BCUT2D eigenvalue weighted by Gasteiger charge is 2.38. The van der Waals surface area contributed by atoms with Crippen LogP contribution in [0.25, 0.3) is 16.8 Å². The lowest BCUT2D eigenvalue weighted by Gasteiger charge is -2.02. The Bertz CT molecular complexity index is 873. The van der Waals surface area contributed by atoms with Crippen molar-refractivity contribution in [2.24, 2.45) is 5.73 Å². The molecule has 6 nitrogen and oxygen atoms in total. The van der Waals surface area contributed by atoms with Gasteiger partial charge < -0.3 is 15.3 Å². The lowest BCUT2D eigenvalue weighted by Crippen LogP contribution is -2.21. The minimum absolute atomic E-state index is 0.297. The van der Waals surface area contributed by atoms with Crippen LogP contribution < -0.4 is 5.73 Å². The molecule has 3 N–H and O–H groups in total. The topological polar surface area (TPSA) is 94.3 Å². The number of carboxylic acid groups (broad SMARTS) is 1. The molecule has 0 aliphatic heterocycles. The maximum atomic E-state index is 13.5. The molecule has 0 atom stereocenters. The Kier molecular flexibility index (Phi) is 5.78. The number of furan rings is 1. The normalized spacial score (nSPS) is 11.0. The number of benzene rings is 1. The van der Waals surface area contributed by atoms with Gasteiger partial charge in [0.15, 0.2) is 0 Å². The quantitative estimate of drug-likeness (QED) is 0.689. The van der Waals surface area contributed by atoms with E-state index in [9.17, 15) is 17.6 Å². The third kappa shape index (κ3) is 4.93. The zero-order valence-corrected chi connectivity index (χ0v) is 13.1. The zero-order valence-electron chi connectivity index (χ0n) is 13.1. The van der Waals surface area contributed by atoms with Crippen molar-refractivity contribution in [3.05, 3.63) is 60.6 Å². The second-order valence-corrected chi connectivity index (χ2v) is 5.01. The van der Waals surface area contributed by atoms with E-state index in [2.05, 4.69) is 5.10 Å².